The lowest BCUT2D eigenvalue weighted by molar-refractivity contribution is -0.128. The fraction of sp³-hybridized carbons (Fsp3) is 0.429. The fourth-order valence-electron chi connectivity index (χ4n) is 1.66. The molecular weight excluding hydrogens is 258 g/mol. The number of carbonyl (C=O) groups excluding carboxylic acids is 2. The van der Waals surface area contributed by atoms with Crippen LogP contribution in [0.5, 0.6) is 0 Å². The van der Waals surface area contributed by atoms with E-state index in [4.69, 9.17) is 10.5 Å². The number of amides is 1. The Morgan fingerprint density at radius 2 is 2.05 bits per heavy atom. The predicted molar refractivity (Wildman–Crippen MR) is 78.6 cm³/mol. The van der Waals surface area contributed by atoms with Crippen molar-refractivity contribution in [2.24, 2.45) is 0 Å². The molecule has 0 atom stereocenters. The average molecular weight is 279 g/mol. The predicted octanol–water partition coefficient (Wildman–Crippen LogP) is 1.34. The molecule has 1 rings (SSSR count). The van der Waals surface area contributed by atoms with Crippen molar-refractivity contribution in [2.75, 3.05) is 38.3 Å². The smallest absolute Gasteiger partial charge is 0.340 e. The van der Waals surface area contributed by atoms with Gasteiger partial charge in [0, 0.05) is 27.1 Å². The summed E-state index contributed by atoms with van der Waals surface area (Å²) in [6.07, 6.45) is 0.323. The summed E-state index contributed by atoms with van der Waals surface area (Å²) in [7, 11) is 3.40. The van der Waals surface area contributed by atoms with E-state index in [0.29, 0.717) is 36.5 Å². The molecule has 0 aliphatic rings. The second kappa shape index (κ2) is 7.37. The van der Waals surface area contributed by atoms with E-state index < -0.39 is 5.97 Å². The number of carbonyl (C=O) groups is 2. The Hall–Kier alpha value is -2.24. The van der Waals surface area contributed by atoms with Crippen LogP contribution in [-0.4, -0.2) is 44.0 Å². The first-order valence-electron chi connectivity index (χ1n) is 6.47. The second-order valence-electron chi connectivity index (χ2n) is 4.46. The standard InChI is InChI=1S/C14H21N3O3/c1-4-20-14(19)10-6-5-7-11(15)13(10)16-9-8-12(18)17(2)3/h5-7,16H,4,8-9,15H2,1-3H3. The van der Waals surface area contributed by atoms with Gasteiger partial charge >= 0.3 is 5.97 Å². The number of esters is 1. The largest absolute Gasteiger partial charge is 0.462 e. The minimum atomic E-state index is -0.429. The van der Waals surface area contributed by atoms with Crippen LogP contribution in [0, 0.1) is 0 Å². The van der Waals surface area contributed by atoms with Gasteiger partial charge in [-0.25, -0.2) is 4.79 Å². The third-order valence-corrected chi connectivity index (χ3v) is 2.73. The van der Waals surface area contributed by atoms with E-state index in [2.05, 4.69) is 5.32 Å². The summed E-state index contributed by atoms with van der Waals surface area (Å²) in [5, 5.41) is 3.03. The number of nitrogens with zero attached hydrogens (tertiary/aromatic N) is 1. The highest BCUT2D eigenvalue weighted by Crippen LogP contribution is 2.24. The lowest BCUT2D eigenvalue weighted by Gasteiger charge is -2.15. The van der Waals surface area contributed by atoms with Crippen molar-refractivity contribution in [3.05, 3.63) is 23.8 Å². The van der Waals surface area contributed by atoms with E-state index in [-0.39, 0.29) is 5.91 Å². The van der Waals surface area contributed by atoms with Gasteiger partial charge in [0.05, 0.1) is 23.5 Å². The van der Waals surface area contributed by atoms with Crippen molar-refractivity contribution in [1.82, 2.24) is 4.90 Å². The number of benzene rings is 1. The van der Waals surface area contributed by atoms with Crippen LogP contribution in [0.4, 0.5) is 11.4 Å². The maximum Gasteiger partial charge on any atom is 0.340 e. The van der Waals surface area contributed by atoms with E-state index in [0.717, 1.165) is 0 Å². The van der Waals surface area contributed by atoms with Gasteiger partial charge in [0.25, 0.3) is 0 Å². The number of hydrogen-bond donors (Lipinski definition) is 2. The van der Waals surface area contributed by atoms with Crippen LogP contribution < -0.4 is 11.1 Å². The van der Waals surface area contributed by atoms with Gasteiger partial charge in [-0.2, -0.15) is 0 Å². The van der Waals surface area contributed by atoms with Gasteiger partial charge in [0.15, 0.2) is 0 Å². The van der Waals surface area contributed by atoms with E-state index >= 15 is 0 Å². The van der Waals surface area contributed by atoms with Crippen molar-refractivity contribution < 1.29 is 14.3 Å². The Kier molecular flexibility index (Phi) is 5.83. The monoisotopic (exact) mass is 279 g/mol. The number of nitrogens with two attached hydrogens (primary N) is 1. The molecule has 1 aromatic rings. The molecule has 110 valence electrons. The van der Waals surface area contributed by atoms with Crippen LogP contribution in [0.1, 0.15) is 23.7 Å². The van der Waals surface area contributed by atoms with Crippen LogP contribution >= 0.6 is 0 Å². The number of para-hydroxylation sites is 1. The Morgan fingerprint density at radius 1 is 1.35 bits per heavy atom. The van der Waals surface area contributed by atoms with Gasteiger partial charge in [-0.3, -0.25) is 4.79 Å². The lowest BCUT2D eigenvalue weighted by Crippen LogP contribution is -2.24. The number of rotatable bonds is 6. The molecule has 0 saturated carbocycles. The summed E-state index contributed by atoms with van der Waals surface area (Å²) in [6, 6.07) is 5.03. The quantitative estimate of drug-likeness (QED) is 0.606. The normalized spacial score (nSPS) is 9.95. The van der Waals surface area contributed by atoms with Crippen molar-refractivity contribution in [3.8, 4) is 0 Å². The Labute approximate surface area is 118 Å². The molecule has 1 aromatic carbocycles. The highest BCUT2D eigenvalue weighted by molar-refractivity contribution is 5.98. The number of nitrogens with one attached hydrogen (secondary N) is 1. The maximum absolute atomic E-state index is 11.8. The topological polar surface area (TPSA) is 84.7 Å². The highest BCUT2D eigenvalue weighted by atomic mass is 16.5. The molecule has 0 spiro atoms. The zero-order chi connectivity index (χ0) is 15.1. The summed E-state index contributed by atoms with van der Waals surface area (Å²) >= 11 is 0. The van der Waals surface area contributed by atoms with Crippen LogP contribution in [0.2, 0.25) is 0 Å². The summed E-state index contributed by atoms with van der Waals surface area (Å²) in [6.45, 7) is 2.44. The van der Waals surface area contributed by atoms with Gasteiger partial charge in [-0.05, 0) is 19.1 Å². The fourth-order valence-corrected chi connectivity index (χ4v) is 1.66. The van der Waals surface area contributed by atoms with Gasteiger partial charge < -0.3 is 20.7 Å². The van der Waals surface area contributed by atoms with Crippen molar-refractivity contribution in [3.63, 3.8) is 0 Å². The molecule has 6 nitrogen and oxygen atoms in total. The van der Waals surface area contributed by atoms with Gasteiger partial charge in [-0.1, -0.05) is 6.07 Å². The maximum atomic E-state index is 11.8. The average Bonchev–Trinajstić information content (AvgIpc) is 2.40. The molecule has 0 aromatic heterocycles. The third kappa shape index (κ3) is 4.15. The zero-order valence-corrected chi connectivity index (χ0v) is 12.1. The summed E-state index contributed by atoms with van der Waals surface area (Å²) in [5.74, 6) is -0.425. The summed E-state index contributed by atoms with van der Waals surface area (Å²) in [4.78, 5) is 24.8. The molecule has 0 heterocycles. The molecule has 0 aliphatic heterocycles. The second-order valence-corrected chi connectivity index (χ2v) is 4.46. The number of nitrogen functional groups attached to an aromatic ring is 1. The third-order valence-electron chi connectivity index (χ3n) is 2.73. The van der Waals surface area contributed by atoms with E-state index in [9.17, 15) is 9.59 Å². The number of hydrogen-bond acceptors (Lipinski definition) is 5. The van der Waals surface area contributed by atoms with E-state index in [1.54, 1.807) is 39.2 Å². The molecule has 0 unspecified atom stereocenters. The molecule has 20 heavy (non-hydrogen) atoms. The molecule has 1 amide bonds. The van der Waals surface area contributed by atoms with E-state index in [1.165, 1.54) is 4.90 Å². The molecule has 0 bridgehead atoms. The van der Waals surface area contributed by atoms with Crippen LogP contribution in [0.15, 0.2) is 18.2 Å². The minimum absolute atomic E-state index is 0.00434. The van der Waals surface area contributed by atoms with Gasteiger partial charge in [0.2, 0.25) is 5.91 Å². The van der Waals surface area contributed by atoms with Crippen molar-refractivity contribution in [2.45, 2.75) is 13.3 Å². The van der Waals surface area contributed by atoms with Crippen LogP contribution in [0.3, 0.4) is 0 Å². The van der Waals surface area contributed by atoms with Crippen LogP contribution in [0.25, 0.3) is 0 Å². The summed E-state index contributed by atoms with van der Waals surface area (Å²) < 4.78 is 4.98. The van der Waals surface area contributed by atoms with Gasteiger partial charge in [0.1, 0.15) is 0 Å². The first-order valence-corrected chi connectivity index (χ1v) is 6.47. The van der Waals surface area contributed by atoms with Crippen molar-refractivity contribution >= 4 is 23.3 Å². The minimum Gasteiger partial charge on any atom is -0.462 e. The molecule has 0 fully saturated rings. The molecule has 0 radical (unpaired) electrons. The molecule has 0 aliphatic carbocycles. The Bertz CT molecular complexity index is 487. The first-order chi connectivity index (χ1) is 9.47. The number of ether oxygens (including phenoxy) is 1. The summed E-state index contributed by atoms with van der Waals surface area (Å²) in [5.41, 5.74) is 7.21. The van der Waals surface area contributed by atoms with E-state index in [1.807, 2.05) is 0 Å². The van der Waals surface area contributed by atoms with Crippen LogP contribution in [-0.2, 0) is 9.53 Å². The van der Waals surface area contributed by atoms with Crippen molar-refractivity contribution in [1.29, 1.82) is 0 Å². The molecule has 3 N–H and O–H groups in total. The number of anilines is 2. The Balaban J connectivity index is 2.78. The highest BCUT2D eigenvalue weighted by Gasteiger charge is 2.15. The zero-order valence-electron chi connectivity index (χ0n) is 12.1. The SMILES string of the molecule is CCOC(=O)c1cccc(N)c1NCCC(=O)N(C)C. The molecular formula is C14H21N3O3. The lowest BCUT2D eigenvalue weighted by atomic mass is 10.1. The van der Waals surface area contributed by atoms with Gasteiger partial charge in [-0.15, -0.1) is 0 Å². The molecule has 0 saturated heterocycles. The molecule has 6 heteroatoms. The first kappa shape index (κ1) is 15.8. The Morgan fingerprint density at radius 3 is 2.65 bits per heavy atom.